The van der Waals surface area contributed by atoms with Crippen LogP contribution in [0.1, 0.15) is 50.8 Å². The first-order chi connectivity index (χ1) is 15.4. The van der Waals surface area contributed by atoms with Crippen molar-refractivity contribution in [2.75, 3.05) is 0 Å². The van der Waals surface area contributed by atoms with Crippen molar-refractivity contribution < 1.29 is 14.6 Å². The van der Waals surface area contributed by atoms with E-state index in [9.17, 15) is 14.7 Å². The van der Waals surface area contributed by atoms with E-state index in [-0.39, 0.29) is 23.6 Å². The third-order valence-electron chi connectivity index (χ3n) is 8.09. The molecule has 2 aliphatic heterocycles. The van der Waals surface area contributed by atoms with Crippen molar-refractivity contribution in [3.8, 4) is 11.4 Å². The van der Waals surface area contributed by atoms with Crippen LogP contribution < -0.4 is 10.7 Å². The van der Waals surface area contributed by atoms with Gasteiger partial charge >= 0.3 is 5.97 Å². The van der Waals surface area contributed by atoms with Gasteiger partial charge in [-0.1, -0.05) is 59.0 Å². The van der Waals surface area contributed by atoms with Gasteiger partial charge in [0.1, 0.15) is 6.61 Å². The summed E-state index contributed by atoms with van der Waals surface area (Å²) in [6.45, 7) is 13.6. The highest BCUT2D eigenvalue weighted by Gasteiger charge is 2.45. The summed E-state index contributed by atoms with van der Waals surface area (Å²) in [6, 6.07) is 10.3. The van der Waals surface area contributed by atoms with Crippen LogP contribution in [0.15, 0.2) is 35.1 Å². The second kappa shape index (κ2) is 6.87. The summed E-state index contributed by atoms with van der Waals surface area (Å²) in [7, 11) is -1.87. The molecule has 4 heterocycles. The molecule has 0 unspecified atom stereocenters. The number of hydrogen-bond acceptors (Lipinski definition) is 5. The van der Waals surface area contributed by atoms with Crippen molar-refractivity contribution >= 4 is 30.1 Å². The summed E-state index contributed by atoms with van der Waals surface area (Å²) in [5.74, 6) is -0.702. The normalized spacial score (nSPS) is 19.8. The molecule has 0 bridgehead atoms. The van der Waals surface area contributed by atoms with Crippen LogP contribution in [0, 0.1) is 0 Å². The van der Waals surface area contributed by atoms with Crippen LogP contribution in [0.3, 0.4) is 0 Å². The molecule has 1 aromatic carbocycles. The summed E-state index contributed by atoms with van der Waals surface area (Å²) in [4.78, 5) is 30.9. The van der Waals surface area contributed by atoms with Crippen LogP contribution >= 0.6 is 0 Å². The number of carbonyl (C=O) groups excluding carboxylic acids is 1. The lowest BCUT2D eigenvalue weighted by atomic mass is 9.86. The molecule has 172 valence electrons. The number of nitrogens with zero attached hydrogens (tertiary/aromatic N) is 2. The summed E-state index contributed by atoms with van der Waals surface area (Å²) in [5, 5.41) is 13.6. The number of benzene rings is 1. The molecule has 2 aromatic heterocycles. The molecule has 1 N–H and O–H groups in total. The number of para-hydroxylation sites is 1. The maximum absolute atomic E-state index is 13.4. The van der Waals surface area contributed by atoms with Crippen molar-refractivity contribution in [3.05, 3.63) is 57.4 Å². The van der Waals surface area contributed by atoms with Crippen LogP contribution in [0.5, 0.6) is 0 Å². The first-order valence-electron chi connectivity index (χ1n) is 11.5. The third-order valence-corrected chi connectivity index (χ3v) is 13.6. The van der Waals surface area contributed by atoms with Gasteiger partial charge in [0.05, 0.1) is 37.1 Å². The molecule has 6 nitrogen and oxygen atoms in total. The Kier molecular flexibility index (Phi) is 4.59. The Balaban J connectivity index is 1.79. The van der Waals surface area contributed by atoms with E-state index in [1.807, 2.05) is 0 Å². The number of pyridine rings is 2. The quantitative estimate of drug-likeness (QED) is 0.362. The molecular weight excluding hydrogens is 432 g/mol. The molecule has 7 heteroatoms. The molecule has 3 aromatic rings. The Hall–Kier alpha value is -2.77. The van der Waals surface area contributed by atoms with Gasteiger partial charge in [-0.25, -0.2) is 9.78 Å². The van der Waals surface area contributed by atoms with E-state index < -0.39 is 19.6 Å². The molecule has 0 aliphatic carbocycles. The highest BCUT2D eigenvalue weighted by molar-refractivity contribution is 6.93. The lowest BCUT2D eigenvalue weighted by molar-refractivity contribution is -0.172. The van der Waals surface area contributed by atoms with E-state index in [1.165, 1.54) is 5.19 Å². The van der Waals surface area contributed by atoms with Gasteiger partial charge in [0.15, 0.2) is 5.60 Å². The molecule has 0 spiro atoms. The fourth-order valence-electron chi connectivity index (χ4n) is 4.92. The molecule has 0 saturated heterocycles. The van der Waals surface area contributed by atoms with Crippen molar-refractivity contribution in [1.29, 1.82) is 0 Å². The average Bonchev–Trinajstić information content (AvgIpc) is 3.12. The number of cyclic esters (lactones) is 1. The van der Waals surface area contributed by atoms with Crippen molar-refractivity contribution in [2.24, 2.45) is 0 Å². The Morgan fingerprint density at radius 1 is 1.21 bits per heavy atom. The molecule has 0 radical (unpaired) electrons. The van der Waals surface area contributed by atoms with Crippen LogP contribution in [-0.4, -0.2) is 28.7 Å². The molecule has 0 fully saturated rings. The molecule has 33 heavy (non-hydrogen) atoms. The Bertz CT molecular complexity index is 1400. The topological polar surface area (TPSA) is 81.4 Å². The van der Waals surface area contributed by atoms with Crippen LogP contribution in [0.4, 0.5) is 0 Å². The largest absolute Gasteiger partial charge is 0.458 e. The summed E-state index contributed by atoms with van der Waals surface area (Å²) >= 11 is 0. The first kappa shape index (κ1) is 22.0. The van der Waals surface area contributed by atoms with Gasteiger partial charge in [-0.15, -0.1) is 0 Å². The van der Waals surface area contributed by atoms with Crippen molar-refractivity contribution in [2.45, 2.75) is 71.0 Å². The predicted molar refractivity (Wildman–Crippen MR) is 131 cm³/mol. The zero-order chi connectivity index (χ0) is 23.9. The first-order valence-corrected chi connectivity index (χ1v) is 14.5. The number of hydrogen-bond donors (Lipinski definition) is 1. The lowest BCUT2D eigenvalue weighted by Crippen LogP contribution is -2.49. The minimum absolute atomic E-state index is 0.114. The van der Waals surface area contributed by atoms with E-state index in [1.54, 1.807) is 17.6 Å². The van der Waals surface area contributed by atoms with E-state index in [2.05, 4.69) is 58.1 Å². The predicted octanol–water partition coefficient (Wildman–Crippen LogP) is 3.80. The Morgan fingerprint density at radius 2 is 1.94 bits per heavy atom. The van der Waals surface area contributed by atoms with Gasteiger partial charge in [0, 0.05) is 16.5 Å². The smallest absolute Gasteiger partial charge is 0.343 e. The fraction of sp³-hybridized carbons (Fsp3) is 0.423. The van der Waals surface area contributed by atoms with Crippen LogP contribution in [-0.2, 0) is 28.3 Å². The van der Waals surface area contributed by atoms with Gasteiger partial charge in [-0.3, -0.25) is 4.79 Å². The Morgan fingerprint density at radius 3 is 2.61 bits per heavy atom. The second-order valence-electron chi connectivity index (χ2n) is 10.9. The number of esters is 1. The number of rotatable bonds is 2. The van der Waals surface area contributed by atoms with E-state index in [0.717, 1.165) is 22.2 Å². The van der Waals surface area contributed by atoms with Gasteiger partial charge in [0.25, 0.3) is 5.56 Å². The monoisotopic (exact) mass is 462 g/mol. The van der Waals surface area contributed by atoms with Crippen LogP contribution in [0.25, 0.3) is 22.3 Å². The van der Waals surface area contributed by atoms with Crippen molar-refractivity contribution in [3.63, 3.8) is 0 Å². The van der Waals surface area contributed by atoms with Gasteiger partial charge in [0.2, 0.25) is 0 Å². The number of aromatic nitrogens is 2. The maximum Gasteiger partial charge on any atom is 0.343 e. The van der Waals surface area contributed by atoms with E-state index >= 15 is 0 Å². The van der Waals surface area contributed by atoms with E-state index in [4.69, 9.17) is 9.72 Å². The van der Waals surface area contributed by atoms with Gasteiger partial charge < -0.3 is 14.4 Å². The zero-order valence-electron chi connectivity index (χ0n) is 20.1. The van der Waals surface area contributed by atoms with E-state index in [0.29, 0.717) is 23.4 Å². The molecule has 5 rings (SSSR count). The second-order valence-corrected chi connectivity index (χ2v) is 16.1. The molecular formula is C26H30N2O4Si. The van der Waals surface area contributed by atoms with Crippen molar-refractivity contribution in [1.82, 2.24) is 9.55 Å². The summed E-state index contributed by atoms with van der Waals surface area (Å²) in [6.07, 6.45) is 0.134. The average molecular weight is 463 g/mol. The molecule has 0 saturated carbocycles. The van der Waals surface area contributed by atoms with Gasteiger partial charge in [-0.05, 0) is 28.8 Å². The summed E-state index contributed by atoms with van der Waals surface area (Å²) < 4.78 is 6.85. The Labute approximate surface area is 194 Å². The molecule has 0 amide bonds. The maximum atomic E-state index is 13.4. The third kappa shape index (κ3) is 2.91. The fourth-order valence-corrected chi connectivity index (χ4v) is 7.03. The summed E-state index contributed by atoms with van der Waals surface area (Å²) in [5.41, 5.74) is 2.02. The number of carbonyl (C=O) groups is 1. The molecule has 2 aliphatic rings. The van der Waals surface area contributed by atoms with Gasteiger partial charge in [-0.2, -0.15) is 0 Å². The molecule has 1 atom stereocenters. The van der Waals surface area contributed by atoms with Crippen LogP contribution in [0.2, 0.25) is 18.1 Å². The standard InChI is InChI=1S/C26H30N2O4Si/c1-7-26(31)18-12-19-21-16(13-28(19)23(29)17(18)14-32-24(26)30)11-15-9-8-10-20(22(15)27-21)33(5,6)25(2,3)4/h8-12,31H,7,13-14H2,1-6H3/t26-/m0/s1. The highest BCUT2D eigenvalue weighted by atomic mass is 28.3. The SMILES string of the molecule is CC[C@@]1(O)C(=O)OCc2c1cc1n(c2=O)Cc2cc3cccc([Si](C)(C)C(C)(C)C)c3nc2-1. The number of aliphatic hydroxyl groups is 1. The zero-order valence-corrected chi connectivity index (χ0v) is 21.1. The minimum Gasteiger partial charge on any atom is -0.458 e. The lowest BCUT2D eigenvalue weighted by Gasteiger charge is -2.37. The highest BCUT2D eigenvalue weighted by Crippen LogP contribution is 2.40. The number of fused-ring (bicyclic) bond motifs is 5. The number of ether oxygens (including phenoxy) is 1. The minimum atomic E-state index is -1.87.